The molecule has 1 aromatic heterocycles. The zero-order chi connectivity index (χ0) is 12.9. The van der Waals surface area contributed by atoms with Crippen LogP contribution in [0.5, 0.6) is 0 Å². The number of benzene rings is 2. The van der Waals surface area contributed by atoms with Crippen LogP contribution in [0.4, 0.5) is 0 Å². The van der Waals surface area contributed by atoms with Gasteiger partial charge in [0.2, 0.25) is 0 Å². The molecule has 2 aromatic carbocycles. The summed E-state index contributed by atoms with van der Waals surface area (Å²) in [6, 6.07) is 21.2. The molecule has 3 rings (SSSR count). The number of rotatable bonds is 4. The average Bonchev–Trinajstić information content (AvgIpc) is 3.00. The molecule has 0 unspecified atom stereocenters. The fraction of sp³-hybridized carbons (Fsp3) is 0.118. The summed E-state index contributed by atoms with van der Waals surface area (Å²) >= 11 is 0. The Labute approximate surface area is 113 Å². The normalized spacial score (nSPS) is 10.8. The molecule has 2 nitrogen and oxygen atoms in total. The van der Waals surface area contributed by atoms with E-state index in [0.29, 0.717) is 5.92 Å². The Kier molecular flexibility index (Phi) is 3.41. The first-order valence-corrected chi connectivity index (χ1v) is 6.51. The van der Waals surface area contributed by atoms with E-state index >= 15 is 0 Å². The number of nitrogens with zero attached hydrogens (tertiary/aromatic N) is 1. The van der Waals surface area contributed by atoms with Gasteiger partial charge in [0, 0.05) is 24.7 Å². The lowest BCUT2D eigenvalue weighted by atomic mass is 9.88. The lowest BCUT2D eigenvalue weighted by Crippen LogP contribution is -2.06. The molecule has 0 aliphatic rings. The number of H-pyrrole nitrogens is 1. The van der Waals surface area contributed by atoms with Crippen LogP contribution in [0.3, 0.4) is 0 Å². The summed E-state index contributed by atoms with van der Waals surface area (Å²) < 4.78 is 0. The van der Waals surface area contributed by atoms with Gasteiger partial charge in [-0.15, -0.1) is 0 Å². The first-order valence-electron chi connectivity index (χ1n) is 6.51. The molecule has 0 aliphatic carbocycles. The number of aromatic nitrogens is 2. The highest BCUT2D eigenvalue weighted by Gasteiger charge is 2.15. The zero-order valence-electron chi connectivity index (χ0n) is 10.7. The summed E-state index contributed by atoms with van der Waals surface area (Å²) in [6.07, 6.45) is 4.58. The van der Waals surface area contributed by atoms with Crippen molar-refractivity contribution in [1.29, 1.82) is 0 Å². The molecule has 0 aliphatic heterocycles. The third kappa shape index (κ3) is 2.74. The van der Waals surface area contributed by atoms with Gasteiger partial charge in [0.25, 0.3) is 0 Å². The second-order valence-corrected chi connectivity index (χ2v) is 4.61. The minimum absolute atomic E-state index is 0.341. The predicted molar refractivity (Wildman–Crippen MR) is 77.0 cm³/mol. The molecular formula is C17H16N2. The molecular weight excluding hydrogens is 232 g/mol. The summed E-state index contributed by atoms with van der Waals surface area (Å²) in [6.45, 7) is 0. The first-order chi connectivity index (χ1) is 9.43. The maximum absolute atomic E-state index is 4.35. The molecule has 0 amide bonds. The smallest absolute Gasteiger partial charge is 0.106 e. The van der Waals surface area contributed by atoms with Crippen LogP contribution < -0.4 is 0 Å². The Morgan fingerprint density at radius 2 is 1.42 bits per heavy atom. The van der Waals surface area contributed by atoms with E-state index in [1.807, 2.05) is 12.4 Å². The van der Waals surface area contributed by atoms with E-state index in [0.717, 1.165) is 12.2 Å². The molecule has 0 saturated carbocycles. The van der Waals surface area contributed by atoms with Crippen molar-refractivity contribution in [3.63, 3.8) is 0 Å². The Bertz CT molecular complexity index is 561. The number of imidazole rings is 1. The molecule has 2 heteroatoms. The molecule has 1 heterocycles. The van der Waals surface area contributed by atoms with Gasteiger partial charge in [-0.3, -0.25) is 0 Å². The summed E-state index contributed by atoms with van der Waals surface area (Å²) in [5.74, 6) is 1.37. The summed E-state index contributed by atoms with van der Waals surface area (Å²) in [4.78, 5) is 7.55. The zero-order valence-corrected chi connectivity index (χ0v) is 10.7. The van der Waals surface area contributed by atoms with Crippen LogP contribution in [0, 0.1) is 0 Å². The second-order valence-electron chi connectivity index (χ2n) is 4.61. The van der Waals surface area contributed by atoms with Crippen molar-refractivity contribution in [1.82, 2.24) is 9.97 Å². The van der Waals surface area contributed by atoms with E-state index in [2.05, 4.69) is 70.6 Å². The summed E-state index contributed by atoms with van der Waals surface area (Å²) in [5.41, 5.74) is 2.65. The van der Waals surface area contributed by atoms with Gasteiger partial charge in [-0.05, 0) is 11.1 Å². The van der Waals surface area contributed by atoms with Crippen molar-refractivity contribution in [2.75, 3.05) is 0 Å². The number of nitrogens with one attached hydrogen (secondary N) is 1. The van der Waals surface area contributed by atoms with Gasteiger partial charge in [-0.1, -0.05) is 60.7 Å². The van der Waals surface area contributed by atoms with Gasteiger partial charge in [0.05, 0.1) is 0 Å². The van der Waals surface area contributed by atoms with E-state index in [1.54, 1.807) is 0 Å². The van der Waals surface area contributed by atoms with Crippen molar-refractivity contribution in [2.24, 2.45) is 0 Å². The van der Waals surface area contributed by atoms with Crippen molar-refractivity contribution >= 4 is 0 Å². The predicted octanol–water partition coefficient (Wildman–Crippen LogP) is 3.78. The van der Waals surface area contributed by atoms with Crippen LogP contribution in [0.1, 0.15) is 22.9 Å². The number of aromatic amines is 1. The average molecular weight is 248 g/mol. The Hall–Kier alpha value is -2.35. The lowest BCUT2D eigenvalue weighted by molar-refractivity contribution is 0.766. The van der Waals surface area contributed by atoms with Crippen LogP contribution in [-0.2, 0) is 6.42 Å². The molecule has 0 bridgehead atoms. The highest BCUT2D eigenvalue weighted by molar-refractivity contribution is 5.33. The van der Waals surface area contributed by atoms with Gasteiger partial charge in [0.15, 0.2) is 0 Å². The maximum Gasteiger partial charge on any atom is 0.106 e. The quantitative estimate of drug-likeness (QED) is 0.747. The molecule has 0 saturated heterocycles. The third-order valence-electron chi connectivity index (χ3n) is 3.36. The minimum atomic E-state index is 0.341. The van der Waals surface area contributed by atoms with Gasteiger partial charge in [-0.25, -0.2) is 4.98 Å². The summed E-state index contributed by atoms with van der Waals surface area (Å²) in [5, 5.41) is 0. The topological polar surface area (TPSA) is 28.7 Å². The summed E-state index contributed by atoms with van der Waals surface area (Å²) in [7, 11) is 0. The number of hydrogen-bond acceptors (Lipinski definition) is 1. The molecule has 94 valence electrons. The van der Waals surface area contributed by atoms with Crippen molar-refractivity contribution in [3.8, 4) is 0 Å². The van der Waals surface area contributed by atoms with E-state index < -0.39 is 0 Å². The van der Waals surface area contributed by atoms with Gasteiger partial charge < -0.3 is 4.98 Å². The Morgan fingerprint density at radius 3 is 1.89 bits per heavy atom. The molecule has 0 fully saturated rings. The van der Waals surface area contributed by atoms with E-state index in [-0.39, 0.29) is 0 Å². The molecule has 0 spiro atoms. The highest BCUT2D eigenvalue weighted by Crippen LogP contribution is 2.27. The largest absolute Gasteiger partial charge is 0.349 e. The molecule has 3 aromatic rings. The monoisotopic (exact) mass is 248 g/mol. The van der Waals surface area contributed by atoms with Crippen LogP contribution in [0.25, 0.3) is 0 Å². The van der Waals surface area contributed by atoms with E-state index in [1.165, 1.54) is 11.1 Å². The van der Waals surface area contributed by atoms with Crippen LogP contribution in [0.15, 0.2) is 73.1 Å². The van der Waals surface area contributed by atoms with Crippen LogP contribution in [-0.4, -0.2) is 9.97 Å². The Balaban J connectivity index is 1.96. The first kappa shape index (κ1) is 11.7. The fourth-order valence-electron chi connectivity index (χ4n) is 2.40. The van der Waals surface area contributed by atoms with Crippen LogP contribution >= 0.6 is 0 Å². The SMILES string of the molecule is c1ccc(C(Cc2ncc[nH]2)c2ccccc2)cc1. The minimum Gasteiger partial charge on any atom is -0.349 e. The molecule has 0 radical (unpaired) electrons. The van der Waals surface area contributed by atoms with Crippen LogP contribution in [0.2, 0.25) is 0 Å². The van der Waals surface area contributed by atoms with Crippen molar-refractivity contribution in [2.45, 2.75) is 12.3 Å². The van der Waals surface area contributed by atoms with Crippen molar-refractivity contribution in [3.05, 3.63) is 90.0 Å². The lowest BCUT2D eigenvalue weighted by Gasteiger charge is -2.16. The maximum atomic E-state index is 4.35. The van der Waals surface area contributed by atoms with Crippen molar-refractivity contribution < 1.29 is 0 Å². The van der Waals surface area contributed by atoms with E-state index in [4.69, 9.17) is 0 Å². The van der Waals surface area contributed by atoms with Gasteiger partial charge in [-0.2, -0.15) is 0 Å². The number of hydrogen-bond donors (Lipinski definition) is 1. The molecule has 0 atom stereocenters. The van der Waals surface area contributed by atoms with Gasteiger partial charge in [0.1, 0.15) is 5.82 Å². The molecule has 1 N–H and O–H groups in total. The highest BCUT2D eigenvalue weighted by atomic mass is 14.9. The van der Waals surface area contributed by atoms with Gasteiger partial charge >= 0.3 is 0 Å². The molecule has 19 heavy (non-hydrogen) atoms. The second kappa shape index (κ2) is 5.53. The van der Waals surface area contributed by atoms with E-state index in [9.17, 15) is 0 Å². The third-order valence-corrected chi connectivity index (χ3v) is 3.36. The standard InChI is InChI=1S/C17H16N2/c1-3-7-14(8-4-1)16(13-17-18-11-12-19-17)15-9-5-2-6-10-15/h1-12,16H,13H2,(H,18,19). The Morgan fingerprint density at radius 1 is 0.842 bits per heavy atom. The fourth-order valence-corrected chi connectivity index (χ4v) is 2.40.